The average Bonchev–Trinajstić information content (AvgIpc) is 2.52. The van der Waals surface area contributed by atoms with E-state index in [0.29, 0.717) is 6.42 Å². The molecule has 0 aliphatic heterocycles. The number of aliphatic carboxylic acids is 1. The molecule has 0 aliphatic carbocycles. The van der Waals surface area contributed by atoms with Gasteiger partial charge in [-0.3, -0.25) is 9.59 Å². The van der Waals surface area contributed by atoms with Gasteiger partial charge in [0.15, 0.2) is 0 Å². The van der Waals surface area contributed by atoms with Crippen molar-refractivity contribution in [2.45, 2.75) is 46.1 Å². The summed E-state index contributed by atoms with van der Waals surface area (Å²) in [5, 5.41) is 14.0. The number of benzene rings is 1. The van der Waals surface area contributed by atoms with Crippen LogP contribution in [0.3, 0.4) is 0 Å². The highest BCUT2D eigenvalue weighted by atomic mass is 16.4. The maximum atomic E-state index is 11.9. The van der Waals surface area contributed by atoms with Gasteiger partial charge in [0, 0.05) is 0 Å². The molecule has 132 valence electrons. The Morgan fingerprint density at radius 2 is 1.79 bits per heavy atom. The monoisotopic (exact) mass is 334 g/mol. The lowest BCUT2D eigenvalue weighted by Gasteiger charge is -2.16. The number of hydrogen-bond donors (Lipinski definition) is 3. The summed E-state index contributed by atoms with van der Waals surface area (Å²) in [6.07, 6.45) is 1.43. The molecule has 0 saturated carbocycles. The van der Waals surface area contributed by atoms with Crippen LogP contribution < -0.4 is 10.6 Å². The molecule has 3 N–H and O–H groups in total. The molecule has 0 aromatic heterocycles. The summed E-state index contributed by atoms with van der Waals surface area (Å²) in [7, 11) is 0. The van der Waals surface area contributed by atoms with Crippen molar-refractivity contribution in [1.29, 1.82) is 0 Å². The summed E-state index contributed by atoms with van der Waals surface area (Å²) in [6.45, 7) is 5.58. The molecule has 24 heavy (non-hydrogen) atoms. The van der Waals surface area contributed by atoms with E-state index in [1.165, 1.54) is 0 Å². The minimum atomic E-state index is -1.07. The second-order valence-corrected chi connectivity index (χ2v) is 6.21. The highest BCUT2D eigenvalue weighted by Crippen LogP contribution is 2.07. The maximum Gasteiger partial charge on any atom is 0.326 e. The smallest absolute Gasteiger partial charge is 0.326 e. The summed E-state index contributed by atoms with van der Waals surface area (Å²) in [5.41, 5.74) is 2.03. The molecule has 6 nitrogen and oxygen atoms in total. The van der Waals surface area contributed by atoms with E-state index in [1.54, 1.807) is 0 Å². The van der Waals surface area contributed by atoms with E-state index < -0.39 is 17.9 Å². The summed E-state index contributed by atoms with van der Waals surface area (Å²) in [4.78, 5) is 34.8. The molecule has 0 fully saturated rings. The maximum absolute atomic E-state index is 11.9. The number of carboxylic acid groups (broad SMARTS) is 1. The van der Waals surface area contributed by atoms with Crippen LogP contribution in [0, 0.1) is 5.92 Å². The van der Waals surface area contributed by atoms with Crippen LogP contribution in [-0.4, -0.2) is 35.5 Å². The molecule has 0 saturated heterocycles. The molecular formula is C18H26N2O4. The van der Waals surface area contributed by atoms with Gasteiger partial charge in [-0.2, -0.15) is 0 Å². The lowest BCUT2D eigenvalue weighted by molar-refractivity contribution is -0.142. The van der Waals surface area contributed by atoms with Crippen LogP contribution in [0.25, 0.3) is 0 Å². The normalized spacial score (nSPS) is 11.8. The Kier molecular flexibility index (Phi) is 7.95. The lowest BCUT2D eigenvalue weighted by Crippen LogP contribution is -2.46. The third-order valence-corrected chi connectivity index (χ3v) is 3.55. The van der Waals surface area contributed by atoms with E-state index in [-0.39, 0.29) is 24.8 Å². The zero-order valence-electron chi connectivity index (χ0n) is 14.5. The molecule has 0 bridgehead atoms. The first kappa shape index (κ1) is 19.7. The summed E-state index contributed by atoms with van der Waals surface area (Å²) >= 11 is 0. The van der Waals surface area contributed by atoms with E-state index in [0.717, 1.165) is 17.5 Å². The van der Waals surface area contributed by atoms with Crippen LogP contribution in [0.2, 0.25) is 0 Å². The third kappa shape index (κ3) is 7.26. The zero-order chi connectivity index (χ0) is 18.1. The summed E-state index contributed by atoms with van der Waals surface area (Å²) in [6, 6.07) is 6.79. The average molecular weight is 334 g/mol. The van der Waals surface area contributed by atoms with Crippen molar-refractivity contribution in [3.05, 3.63) is 35.4 Å². The van der Waals surface area contributed by atoms with Crippen LogP contribution >= 0.6 is 0 Å². The first-order chi connectivity index (χ1) is 11.3. The predicted molar refractivity (Wildman–Crippen MR) is 91.6 cm³/mol. The van der Waals surface area contributed by atoms with Crippen molar-refractivity contribution >= 4 is 17.8 Å². The van der Waals surface area contributed by atoms with Crippen LogP contribution in [-0.2, 0) is 27.2 Å². The molecule has 1 rings (SSSR count). The fourth-order valence-corrected chi connectivity index (χ4v) is 2.32. The van der Waals surface area contributed by atoms with Gasteiger partial charge >= 0.3 is 5.97 Å². The van der Waals surface area contributed by atoms with Gasteiger partial charge in [0.1, 0.15) is 6.04 Å². The zero-order valence-corrected chi connectivity index (χ0v) is 14.5. The molecule has 6 heteroatoms. The highest BCUT2D eigenvalue weighted by molar-refractivity contribution is 5.88. The fourth-order valence-electron chi connectivity index (χ4n) is 2.32. The summed E-state index contributed by atoms with van der Waals surface area (Å²) in [5.74, 6) is -1.69. The first-order valence-corrected chi connectivity index (χ1v) is 8.18. The molecule has 2 amide bonds. The van der Waals surface area contributed by atoms with Crippen molar-refractivity contribution in [2.75, 3.05) is 6.54 Å². The number of carboxylic acids is 1. The molecule has 0 unspecified atom stereocenters. The quantitative estimate of drug-likeness (QED) is 0.638. The lowest BCUT2D eigenvalue weighted by atomic mass is 10.0. The van der Waals surface area contributed by atoms with Crippen molar-refractivity contribution in [3.63, 3.8) is 0 Å². The second kappa shape index (κ2) is 9.70. The summed E-state index contributed by atoms with van der Waals surface area (Å²) < 4.78 is 0. The van der Waals surface area contributed by atoms with Gasteiger partial charge in [0.2, 0.25) is 11.8 Å². The number of hydrogen-bond acceptors (Lipinski definition) is 3. The van der Waals surface area contributed by atoms with Gasteiger partial charge < -0.3 is 15.7 Å². The number of aryl methyl sites for hydroxylation is 1. The largest absolute Gasteiger partial charge is 0.480 e. The van der Waals surface area contributed by atoms with Gasteiger partial charge in [-0.15, -0.1) is 0 Å². The Labute approximate surface area is 142 Å². The number of rotatable bonds is 9. The molecule has 0 spiro atoms. The van der Waals surface area contributed by atoms with Crippen LogP contribution in [0.4, 0.5) is 0 Å². The van der Waals surface area contributed by atoms with Crippen molar-refractivity contribution in [2.24, 2.45) is 5.92 Å². The first-order valence-electron chi connectivity index (χ1n) is 8.18. The van der Waals surface area contributed by atoms with E-state index >= 15 is 0 Å². The number of carbonyl (C=O) groups is 3. The fraction of sp³-hybridized carbons (Fsp3) is 0.500. The highest BCUT2D eigenvalue weighted by Gasteiger charge is 2.21. The molecule has 1 atom stereocenters. The second-order valence-electron chi connectivity index (χ2n) is 6.21. The predicted octanol–water partition coefficient (Wildman–Crippen LogP) is 1.52. The molecule has 0 radical (unpaired) electrons. The Morgan fingerprint density at radius 3 is 2.38 bits per heavy atom. The van der Waals surface area contributed by atoms with Crippen LogP contribution in [0.15, 0.2) is 24.3 Å². The number of carbonyl (C=O) groups excluding carboxylic acids is 2. The minimum absolute atomic E-state index is 0.145. The number of nitrogens with one attached hydrogen (secondary N) is 2. The third-order valence-electron chi connectivity index (χ3n) is 3.55. The van der Waals surface area contributed by atoms with E-state index in [1.807, 2.05) is 45.0 Å². The Bertz CT molecular complexity index is 584. The van der Waals surface area contributed by atoms with Crippen molar-refractivity contribution in [3.8, 4) is 0 Å². The van der Waals surface area contributed by atoms with E-state index in [9.17, 15) is 14.4 Å². The number of amides is 2. The molecular weight excluding hydrogens is 308 g/mol. The van der Waals surface area contributed by atoms with E-state index in [4.69, 9.17) is 5.11 Å². The topological polar surface area (TPSA) is 95.5 Å². The van der Waals surface area contributed by atoms with Crippen molar-refractivity contribution < 1.29 is 19.5 Å². The Balaban J connectivity index is 2.45. The van der Waals surface area contributed by atoms with Gasteiger partial charge in [0.25, 0.3) is 0 Å². The van der Waals surface area contributed by atoms with Crippen LogP contribution in [0.1, 0.15) is 38.3 Å². The molecule has 1 aromatic rings. The molecule has 1 aromatic carbocycles. The van der Waals surface area contributed by atoms with Gasteiger partial charge in [-0.1, -0.05) is 45.0 Å². The van der Waals surface area contributed by atoms with Crippen LogP contribution in [0.5, 0.6) is 0 Å². The molecule has 0 aliphatic rings. The van der Waals surface area contributed by atoms with Crippen molar-refractivity contribution in [1.82, 2.24) is 10.6 Å². The van der Waals surface area contributed by atoms with Gasteiger partial charge in [0.05, 0.1) is 13.0 Å². The van der Waals surface area contributed by atoms with Gasteiger partial charge in [-0.05, 0) is 29.9 Å². The van der Waals surface area contributed by atoms with E-state index in [2.05, 4.69) is 10.6 Å². The standard InChI is InChI=1S/C18H26N2O4/c1-4-13-6-5-7-14(9-13)10-16(21)19-11-17(22)20-15(18(23)24)8-12(2)3/h5-7,9,12,15H,4,8,10-11H2,1-3H3,(H,19,21)(H,20,22)(H,23,24)/t15-/m0/s1. The Hall–Kier alpha value is -2.37. The Morgan fingerprint density at radius 1 is 1.12 bits per heavy atom. The minimum Gasteiger partial charge on any atom is -0.480 e. The van der Waals surface area contributed by atoms with Gasteiger partial charge in [-0.25, -0.2) is 4.79 Å². The SMILES string of the molecule is CCc1cccc(CC(=O)NCC(=O)N[C@@H](CC(C)C)C(=O)O)c1. The molecule has 0 heterocycles.